The molecule has 0 atom stereocenters. The Morgan fingerprint density at radius 3 is 2.34 bits per heavy atom. The molecule has 6 nitrogen and oxygen atoms in total. The monoisotopic (exact) mass is 405 g/mol. The number of aromatic nitrogens is 1. The van der Waals surface area contributed by atoms with E-state index in [4.69, 9.17) is 0 Å². The Morgan fingerprint density at radius 2 is 1.59 bits per heavy atom. The van der Waals surface area contributed by atoms with E-state index < -0.39 is 10.1 Å². The number of carbonyl (C=O) groups is 1. The second kappa shape index (κ2) is 5.85. The molecule has 4 aromatic rings. The summed E-state index contributed by atoms with van der Waals surface area (Å²) in [6.45, 7) is 1.94. The van der Waals surface area contributed by atoms with E-state index in [0.717, 1.165) is 22.8 Å². The molecule has 1 heterocycles. The highest BCUT2D eigenvalue weighted by molar-refractivity contribution is 7.85. The second-order valence-electron chi connectivity index (χ2n) is 7.36. The Hall–Kier alpha value is -3.29. The van der Waals surface area contributed by atoms with Crippen LogP contribution in [0.15, 0.2) is 58.2 Å². The van der Waals surface area contributed by atoms with Crippen LogP contribution in [0, 0.1) is 6.92 Å². The van der Waals surface area contributed by atoms with Gasteiger partial charge in [-0.05, 0) is 60.9 Å². The van der Waals surface area contributed by atoms with Gasteiger partial charge in [-0.25, -0.2) is 0 Å². The van der Waals surface area contributed by atoms with E-state index in [1.54, 1.807) is 12.1 Å². The lowest BCUT2D eigenvalue weighted by atomic mass is 9.83. The van der Waals surface area contributed by atoms with E-state index in [0.29, 0.717) is 34.0 Å². The normalized spacial score (nSPS) is 13.5. The number of aromatic amines is 1. The van der Waals surface area contributed by atoms with Crippen LogP contribution < -0.4 is 5.43 Å². The van der Waals surface area contributed by atoms with Crippen molar-refractivity contribution >= 4 is 37.7 Å². The topological polar surface area (TPSA) is 104 Å². The molecule has 1 aliphatic rings. The Labute approximate surface area is 165 Å². The smallest absolute Gasteiger partial charge is 0.294 e. The molecule has 2 N–H and O–H groups in total. The van der Waals surface area contributed by atoms with Crippen molar-refractivity contribution in [1.82, 2.24) is 4.98 Å². The standard InChI is InChI=1S/C22H15NO5S/c1-11-2-3-12-7-13-8-17-20(10-16(13)21(24)15(12)6-11)23-19-5-4-14(29(26,27)28)9-18(19)22(17)25/h2-6,8-10H,7H2,1H3,(H,23,25)(H,26,27,28). The summed E-state index contributed by atoms with van der Waals surface area (Å²) < 4.78 is 32.1. The van der Waals surface area contributed by atoms with E-state index in [1.165, 1.54) is 12.1 Å². The highest BCUT2D eigenvalue weighted by Crippen LogP contribution is 2.30. The van der Waals surface area contributed by atoms with Crippen LogP contribution in [0.4, 0.5) is 0 Å². The molecule has 0 aliphatic heterocycles. The number of H-pyrrole nitrogens is 1. The number of nitrogens with one attached hydrogen (secondary N) is 1. The lowest BCUT2D eigenvalue weighted by Crippen LogP contribution is -2.16. The first kappa shape index (κ1) is 17.8. The predicted molar refractivity (Wildman–Crippen MR) is 109 cm³/mol. The van der Waals surface area contributed by atoms with Gasteiger partial charge in [-0.2, -0.15) is 8.42 Å². The molecule has 3 aromatic carbocycles. The highest BCUT2D eigenvalue weighted by atomic mass is 32.2. The van der Waals surface area contributed by atoms with Crippen LogP contribution in [0.1, 0.15) is 32.6 Å². The lowest BCUT2D eigenvalue weighted by Gasteiger charge is -2.19. The number of hydrogen-bond donors (Lipinski definition) is 2. The Bertz CT molecular complexity index is 1550. The molecule has 5 rings (SSSR count). The van der Waals surface area contributed by atoms with Crippen LogP contribution in [0.5, 0.6) is 0 Å². The van der Waals surface area contributed by atoms with Crippen molar-refractivity contribution in [2.75, 3.05) is 0 Å². The van der Waals surface area contributed by atoms with Crippen LogP contribution >= 0.6 is 0 Å². The first-order chi connectivity index (χ1) is 13.7. The molecule has 0 bridgehead atoms. The summed E-state index contributed by atoms with van der Waals surface area (Å²) >= 11 is 0. The molecular weight excluding hydrogens is 390 g/mol. The predicted octanol–water partition coefficient (Wildman–Crippen LogP) is 3.37. The maximum atomic E-state index is 13.0. The summed E-state index contributed by atoms with van der Waals surface area (Å²) in [5.74, 6) is -0.0745. The van der Waals surface area contributed by atoms with E-state index in [2.05, 4.69) is 4.98 Å². The Balaban J connectivity index is 1.79. The molecule has 0 fully saturated rings. The van der Waals surface area contributed by atoms with Crippen molar-refractivity contribution in [3.8, 4) is 0 Å². The minimum absolute atomic E-state index is 0.0745. The van der Waals surface area contributed by atoms with E-state index in [-0.39, 0.29) is 21.5 Å². The highest BCUT2D eigenvalue weighted by Gasteiger charge is 2.24. The summed E-state index contributed by atoms with van der Waals surface area (Å²) in [4.78, 5) is 28.8. The van der Waals surface area contributed by atoms with E-state index >= 15 is 0 Å². The van der Waals surface area contributed by atoms with Crippen LogP contribution in [0.25, 0.3) is 21.8 Å². The second-order valence-corrected chi connectivity index (χ2v) is 8.78. The zero-order chi connectivity index (χ0) is 20.5. The molecule has 0 radical (unpaired) electrons. The quantitative estimate of drug-likeness (QED) is 0.329. The number of aryl methyl sites for hydroxylation is 1. The number of benzene rings is 3. The molecular formula is C22H15NO5S. The molecule has 1 aliphatic carbocycles. The number of ketones is 1. The number of pyridine rings is 1. The van der Waals surface area contributed by atoms with Gasteiger partial charge in [-0.15, -0.1) is 0 Å². The van der Waals surface area contributed by atoms with Crippen molar-refractivity contribution in [2.45, 2.75) is 18.2 Å². The van der Waals surface area contributed by atoms with Crippen LogP contribution in [0.2, 0.25) is 0 Å². The van der Waals surface area contributed by atoms with Gasteiger partial charge in [0.05, 0.1) is 10.4 Å². The van der Waals surface area contributed by atoms with Crippen LogP contribution in [-0.4, -0.2) is 23.7 Å². The molecule has 29 heavy (non-hydrogen) atoms. The summed E-state index contributed by atoms with van der Waals surface area (Å²) in [5.41, 5.74) is 4.49. The van der Waals surface area contributed by atoms with Crippen molar-refractivity contribution in [3.05, 3.63) is 86.6 Å². The van der Waals surface area contributed by atoms with Crippen molar-refractivity contribution in [1.29, 1.82) is 0 Å². The fourth-order valence-corrected chi connectivity index (χ4v) is 4.48. The largest absolute Gasteiger partial charge is 0.354 e. The molecule has 0 saturated heterocycles. The minimum atomic E-state index is -4.42. The van der Waals surface area contributed by atoms with Gasteiger partial charge < -0.3 is 4.98 Å². The van der Waals surface area contributed by atoms with Crippen molar-refractivity contribution in [3.63, 3.8) is 0 Å². The molecule has 1 aromatic heterocycles. The number of rotatable bonds is 1. The molecule has 0 spiro atoms. The average molecular weight is 405 g/mol. The fraction of sp³-hybridized carbons (Fsp3) is 0.0909. The molecule has 0 unspecified atom stereocenters. The number of fused-ring (bicyclic) bond motifs is 4. The Kier molecular flexibility index (Phi) is 3.59. The SMILES string of the molecule is Cc1ccc2c(c1)C(=O)c1cc3[nH]c4ccc(S(=O)(=O)O)cc4c(=O)c3cc1C2. The summed E-state index contributed by atoms with van der Waals surface area (Å²) in [6.07, 6.45) is 0.537. The first-order valence-electron chi connectivity index (χ1n) is 8.97. The fourth-order valence-electron chi connectivity index (χ4n) is 3.97. The van der Waals surface area contributed by atoms with Crippen LogP contribution in [0.3, 0.4) is 0 Å². The van der Waals surface area contributed by atoms with Gasteiger partial charge in [0.25, 0.3) is 10.1 Å². The van der Waals surface area contributed by atoms with Crippen molar-refractivity contribution in [2.24, 2.45) is 0 Å². The van der Waals surface area contributed by atoms with Crippen molar-refractivity contribution < 1.29 is 17.8 Å². The lowest BCUT2D eigenvalue weighted by molar-refractivity contribution is 0.103. The molecule has 0 saturated carbocycles. The zero-order valence-corrected chi connectivity index (χ0v) is 16.1. The van der Waals surface area contributed by atoms with Gasteiger partial charge in [0.2, 0.25) is 0 Å². The molecule has 144 valence electrons. The maximum absolute atomic E-state index is 13.0. The van der Waals surface area contributed by atoms with Gasteiger partial charge in [0, 0.05) is 27.4 Å². The Morgan fingerprint density at radius 1 is 0.862 bits per heavy atom. The van der Waals surface area contributed by atoms with Crippen LogP contribution in [-0.2, 0) is 16.5 Å². The maximum Gasteiger partial charge on any atom is 0.294 e. The van der Waals surface area contributed by atoms with Gasteiger partial charge >= 0.3 is 0 Å². The number of hydrogen-bond acceptors (Lipinski definition) is 4. The number of carbonyl (C=O) groups excluding carboxylic acids is 1. The summed E-state index contributed by atoms with van der Waals surface area (Å²) in [5, 5.41) is 0.526. The minimum Gasteiger partial charge on any atom is -0.354 e. The van der Waals surface area contributed by atoms with E-state index in [1.807, 2.05) is 25.1 Å². The van der Waals surface area contributed by atoms with E-state index in [9.17, 15) is 22.6 Å². The molecule has 0 amide bonds. The summed E-state index contributed by atoms with van der Waals surface area (Å²) in [6, 6.07) is 13.0. The summed E-state index contributed by atoms with van der Waals surface area (Å²) in [7, 11) is -4.42. The zero-order valence-electron chi connectivity index (χ0n) is 15.3. The van der Waals surface area contributed by atoms with Gasteiger partial charge in [0.15, 0.2) is 11.2 Å². The van der Waals surface area contributed by atoms with Gasteiger partial charge in [-0.1, -0.05) is 17.7 Å². The molecule has 7 heteroatoms. The third kappa shape index (κ3) is 2.70. The first-order valence-corrected chi connectivity index (χ1v) is 10.4. The third-order valence-corrected chi connectivity index (χ3v) is 6.28. The van der Waals surface area contributed by atoms with Gasteiger partial charge in [0.1, 0.15) is 0 Å². The average Bonchev–Trinajstić information content (AvgIpc) is 2.67. The third-order valence-electron chi connectivity index (χ3n) is 5.43. The van der Waals surface area contributed by atoms with Gasteiger partial charge in [-0.3, -0.25) is 14.1 Å².